The van der Waals surface area contributed by atoms with Gasteiger partial charge in [-0.05, 0) is 81.5 Å². The highest BCUT2D eigenvalue weighted by Crippen LogP contribution is 2.48. The Kier molecular flexibility index (Phi) is 4.30. The zero-order valence-electron chi connectivity index (χ0n) is 12.8. The second-order valence-electron chi connectivity index (χ2n) is 6.47. The molecule has 2 nitrogen and oxygen atoms in total. The van der Waals surface area contributed by atoms with E-state index in [-0.39, 0.29) is 0 Å². The van der Waals surface area contributed by atoms with Crippen LogP contribution in [0.2, 0.25) is 0 Å². The van der Waals surface area contributed by atoms with Crippen LogP contribution < -0.4 is 10.1 Å². The topological polar surface area (TPSA) is 21.3 Å². The molecule has 3 rings (SSSR count). The van der Waals surface area contributed by atoms with E-state index in [2.05, 4.69) is 36.5 Å². The van der Waals surface area contributed by atoms with Gasteiger partial charge in [0.2, 0.25) is 0 Å². The van der Waals surface area contributed by atoms with E-state index in [1.165, 1.54) is 37.8 Å². The first-order chi connectivity index (χ1) is 9.78. The zero-order valence-corrected chi connectivity index (χ0v) is 12.8. The van der Waals surface area contributed by atoms with Crippen molar-refractivity contribution in [3.63, 3.8) is 0 Å². The fraction of sp³-hybridized carbons (Fsp3) is 0.667. The average molecular weight is 273 g/mol. The number of benzene rings is 1. The van der Waals surface area contributed by atoms with Crippen LogP contribution in [-0.4, -0.2) is 13.2 Å². The number of ether oxygens (including phenoxy) is 1. The summed E-state index contributed by atoms with van der Waals surface area (Å²) in [4.78, 5) is 0. The fourth-order valence-corrected chi connectivity index (χ4v) is 3.22. The van der Waals surface area contributed by atoms with Gasteiger partial charge in [-0.1, -0.05) is 12.1 Å². The van der Waals surface area contributed by atoms with Crippen molar-refractivity contribution in [3.8, 4) is 5.75 Å². The Balaban J connectivity index is 1.51. The van der Waals surface area contributed by atoms with Crippen LogP contribution in [0.3, 0.4) is 0 Å². The molecular weight excluding hydrogens is 246 g/mol. The molecule has 0 saturated heterocycles. The zero-order chi connectivity index (χ0) is 13.9. The molecule has 0 spiro atoms. The summed E-state index contributed by atoms with van der Waals surface area (Å²) in [6.07, 6.45) is 5.89. The van der Waals surface area contributed by atoms with E-state index >= 15 is 0 Å². The Morgan fingerprint density at radius 3 is 2.20 bits per heavy atom. The van der Waals surface area contributed by atoms with Gasteiger partial charge in [0.05, 0.1) is 6.61 Å². The third-order valence-corrected chi connectivity index (χ3v) is 4.81. The Bertz CT molecular complexity index is 408. The van der Waals surface area contributed by atoms with Crippen LogP contribution in [0.15, 0.2) is 24.3 Å². The Morgan fingerprint density at radius 1 is 1.10 bits per heavy atom. The summed E-state index contributed by atoms with van der Waals surface area (Å²) in [6.45, 7) is 6.22. The fourth-order valence-electron chi connectivity index (χ4n) is 3.22. The van der Waals surface area contributed by atoms with Gasteiger partial charge in [-0.3, -0.25) is 0 Å². The second-order valence-corrected chi connectivity index (χ2v) is 6.47. The molecule has 1 aromatic carbocycles. The lowest BCUT2D eigenvalue weighted by molar-refractivity contribution is 0.339. The van der Waals surface area contributed by atoms with Crippen molar-refractivity contribution in [2.75, 3.05) is 13.2 Å². The molecule has 2 saturated carbocycles. The first-order valence-corrected chi connectivity index (χ1v) is 8.24. The molecule has 1 N–H and O–H groups in total. The number of hydrogen-bond acceptors (Lipinski definition) is 2. The lowest BCUT2D eigenvalue weighted by atomic mass is 9.97. The molecule has 0 radical (unpaired) electrons. The predicted octanol–water partition coefficient (Wildman–Crippen LogP) is 4.17. The molecule has 0 amide bonds. The van der Waals surface area contributed by atoms with E-state index in [1.807, 2.05) is 6.92 Å². The van der Waals surface area contributed by atoms with Gasteiger partial charge in [0.25, 0.3) is 0 Å². The number of nitrogens with one attached hydrogen (secondary N) is 1. The monoisotopic (exact) mass is 273 g/mol. The smallest absolute Gasteiger partial charge is 0.119 e. The minimum absolute atomic E-state index is 0.436. The maximum atomic E-state index is 5.50. The summed E-state index contributed by atoms with van der Waals surface area (Å²) < 4.78 is 5.50. The molecule has 0 aliphatic heterocycles. The van der Waals surface area contributed by atoms with Gasteiger partial charge < -0.3 is 10.1 Å². The van der Waals surface area contributed by atoms with Gasteiger partial charge in [-0.25, -0.2) is 0 Å². The lowest BCUT2D eigenvalue weighted by Gasteiger charge is -2.21. The standard InChI is InChI=1S/C18H27NO/c1-3-20-17-10-8-14(9-11-17)13(2)19-12-18(15-4-5-15)16-6-7-16/h8-11,13,15-16,18-19H,3-7,12H2,1-2H3. The molecule has 2 fully saturated rings. The van der Waals surface area contributed by atoms with Crippen molar-refractivity contribution in [3.05, 3.63) is 29.8 Å². The molecule has 1 aromatic rings. The molecule has 20 heavy (non-hydrogen) atoms. The van der Waals surface area contributed by atoms with Crippen molar-refractivity contribution in [1.29, 1.82) is 0 Å². The molecular formula is C18H27NO. The highest BCUT2D eigenvalue weighted by molar-refractivity contribution is 5.28. The molecule has 2 heteroatoms. The third-order valence-electron chi connectivity index (χ3n) is 4.81. The highest BCUT2D eigenvalue weighted by Gasteiger charge is 2.41. The van der Waals surface area contributed by atoms with Gasteiger partial charge in [-0.15, -0.1) is 0 Å². The van der Waals surface area contributed by atoms with E-state index in [0.29, 0.717) is 6.04 Å². The molecule has 1 atom stereocenters. The average Bonchev–Trinajstić information content (AvgIpc) is 3.34. The first-order valence-electron chi connectivity index (χ1n) is 8.24. The third kappa shape index (κ3) is 3.54. The summed E-state index contributed by atoms with van der Waals surface area (Å²) in [5, 5.41) is 3.75. The summed E-state index contributed by atoms with van der Waals surface area (Å²) in [7, 11) is 0. The highest BCUT2D eigenvalue weighted by atomic mass is 16.5. The van der Waals surface area contributed by atoms with Gasteiger partial charge in [-0.2, -0.15) is 0 Å². The van der Waals surface area contributed by atoms with E-state index in [9.17, 15) is 0 Å². The first kappa shape index (κ1) is 13.9. The van der Waals surface area contributed by atoms with Gasteiger partial charge in [0, 0.05) is 6.04 Å². The molecule has 1 unspecified atom stereocenters. The summed E-state index contributed by atoms with van der Waals surface area (Å²) in [6, 6.07) is 8.97. The Morgan fingerprint density at radius 2 is 1.70 bits per heavy atom. The van der Waals surface area contributed by atoms with Crippen molar-refractivity contribution >= 4 is 0 Å². The van der Waals surface area contributed by atoms with Crippen molar-refractivity contribution in [2.24, 2.45) is 17.8 Å². The second kappa shape index (κ2) is 6.17. The van der Waals surface area contributed by atoms with E-state index < -0.39 is 0 Å². The quantitative estimate of drug-likeness (QED) is 0.767. The van der Waals surface area contributed by atoms with Crippen LogP contribution in [0.25, 0.3) is 0 Å². The summed E-state index contributed by atoms with van der Waals surface area (Å²) >= 11 is 0. The lowest BCUT2D eigenvalue weighted by Crippen LogP contribution is -2.28. The minimum Gasteiger partial charge on any atom is -0.494 e. The maximum absolute atomic E-state index is 5.50. The van der Waals surface area contributed by atoms with Crippen LogP contribution in [0.1, 0.15) is 51.1 Å². The van der Waals surface area contributed by atoms with Crippen LogP contribution in [0.5, 0.6) is 5.75 Å². The summed E-state index contributed by atoms with van der Waals surface area (Å²) in [5.74, 6) is 3.97. The molecule has 0 heterocycles. The van der Waals surface area contributed by atoms with Crippen molar-refractivity contribution in [2.45, 2.75) is 45.6 Å². The molecule has 2 aliphatic rings. The SMILES string of the molecule is CCOc1ccc(C(C)NCC(C2CC2)C2CC2)cc1. The van der Waals surface area contributed by atoms with Crippen LogP contribution >= 0.6 is 0 Å². The van der Waals surface area contributed by atoms with E-state index in [1.54, 1.807) is 0 Å². The van der Waals surface area contributed by atoms with Gasteiger partial charge in [0.1, 0.15) is 5.75 Å². The Labute approximate surface area is 122 Å². The normalized spacial score (nSPS) is 20.1. The van der Waals surface area contributed by atoms with Crippen LogP contribution in [0, 0.1) is 17.8 Å². The van der Waals surface area contributed by atoms with Crippen LogP contribution in [-0.2, 0) is 0 Å². The largest absolute Gasteiger partial charge is 0.494 e. The maximum Gasteiger partial charge on any atom is 0.119 e. The van der Waals surface area contributed by atoms with Gasteiger partial charge in [0.15, 0.2) is 0 Å². The van der Waals surface area contributed by atoms with Crippen LogP contribution in [0.4, 0.5) is 0 Å². The minimum atomic E-state index is 0.436. The Hall–Kier alpha value is -1.02. The van der Waals surface area contributed by atoms with Crippen molar-refractivity contribution < 1.29 is 4.74 Å². The number of rotatable bonds is 8. The van der Waals surface area contributed by atoms with E-state index in [4.69, 9.17) is 4.74 Å². The van der Waals surface area contributed by atoms with E-state index in [0.717, 1.165) is 30.1 Å². The summed E-state index contributed by atoms with van der Waals surface area (Å²) in [5.41, 5.74) is 1.36. The molecule has 0 bridgehead atoms. The number of hydrogen-bond donors (Lipinski definition) is 1. The van der Waals surface area contributed by atoms with Crippen molar-refractivity contribution in [1.82, 2.24) is 5.32 Å². The molecule has 110 valence electrons. The van der Waals surface area contributed by atoms with Gasteiger partial charge >= 0.3 is 0 Å². The molecule has 2 aliphatic carbocycles. The predicted molar refractivity (Wildman–Crippen MR) is 83.0 cm³/mol. The molecule has 0 aromatic heterocycles.